The summed E-state index contributed by atoms with van der Waals surface area (Å²) >= 11 is 5.90. The molecule has 0 fully saturated rings. The maximum atomic E-state index is 5.90. The van der Waals surface area contributed by atoms with Crippen molar-refractivity contribution in [1.29, 1.82) is 0 Å². The van der Waals surface area contributed by atoms with Crippen molar-refractivity contribution >= 4 is 11.6 Å². The summed E-state index contributed by atoms with van der Waals surface area (Å²) < 4.78 is 0. The first-order chi connectivity index (χ1) is 8.11. The number of benzene rings is 1. The number of halogens is 1. The first-order valence-electron chi connectivity index (χ1n) is 6.59. The monoisotopic (exact) mass is 253 g/mol. The minimum atomic E-state index is 0.569. The van der Waals surface area contributed by atoms with Crippen LogP contribution in [0.5, 0.6) is 0 Å². The molecule has 1 unspecified atom stereocenters. The molecular formula is C15H24ClN. The van der Waals surface area contributed by atoms with Gasteiger partial charge in [0.2, 0.25) is 0 Å². The van der Waals surface area contributed by atoms with E-state index in [4.69, 9.17) is 11.6 Å². The lowest BCUT2D eigenvalue weighted by atomic mass is 9.95. The van der Waals surface area contributed by atoms with Crippen LogP contribution in [0.4, 0.5) is 0 Å². The molecule has 1 N–H and O–H groups in total. The Hall–Kier alpha value is -0.530. The second-order valence-corrected chi connectivity index (χ2v) is 5.48. The van der Waals surface area contributed by atoms with Crippen LogP contribution in [0.15, 0.2) is 24.3 Å². The molecule has 1 nitrogen and oxygen atoms in total. The summed E-state index contributed by atoms with van der Waals surface area (Å²) in [6.45, 7) is 7.76. The molecule has 1 rings (SSSR count). The van der Waals surface area contributed by atoms with E-state index >= 15 is 0 Å². The highest BCUT2D eigenvalue weighted by Crippen LogP contribution is 2.16. The zero-order chi connectivity index (χ0) is 12.7. The van der Waals surface area contributed by atoms with Crippen LogP contribution in [0.3, 0.4) is 0 Å². The van der Waals surface area contributed by atoms with Crippen molar-refractivity contribution in [3.8, 4) is 0 Å². The highest BCUT2D eigenvalue weighted by atomic mass is 35.5. The highest BCUT2D eigenvalue weighted by Gasteiger charge is 2.09. The van der Waals surface area contributed by atoms with Crippen molar-refractivity contribution in [3.05, 3.63) is 34.9 Å². The molecule has 0 aromatic heterocycles. The quantitative estimate of drug-likeness (QED) is 0.764. The lowest BCUT2D eigenvalue weighted by Crippen LogP contribution is -2.29. The van der Waals surface area contributed by atoms with Crippen molar-refractivity contribution in [3.63, 3.8) is 0 Å². The summed E-state index contributed by atoms with van der Waals surface area (Å²) in [7, 11) is 0. The van der Waals surface area contributed by atoms with E-state index in [0.29, 0.717) is 6.04 Å². The molecule has 0 saturated carbocycles. The van der Waals surface area contributed by atoms with Crippen molar-refractivity contribution < 1.29 is 0 Å². The number of hydrogen-bond donors (Lipinski definition) is 1. The zero-order valence-electron chi connectivity index (χ0n) is 11.2. The van der Waals surface area contributed by atoms with E-state index in [0.717, 1.165) is 23.9 Å². The van der Waals surface area contributed by atoms with Crippen LogP contribution in [0.25, 0.3) is 0 Å². The van der Waals surface area contributed by atoms with Gasteiger partial charge in [-0.3, -0.25) is 0 Å². The predicted octanol–water partition coefficient (Wildman–Crippen LogP) is 4.30. The molecule has 0 amide bonds. The first kappa shape index (κ1) is 14.5. The summed E-state index contributed by atoms with van der Waals surface area (Å²) in [5, 5.41) is 4.36. The van der Waals surface area contributed by atoms with E-state index in [1.807, 2.05) is 12.1 Å². The standard InChI is InChI=1S/C15H24ClN/c1-4-5-14(11-17-12(2)3)10-13-6-8-15(16)9-7-13/h6-9,12,14,17H,4-5,10-11H2,1-3H3. The third kappa shape index (κ3) is 6.09. The molecule has 0 spiro atoms. The van der Waals surface area contributed by atoms with Gasteiger partial charge in [-0.25, -0.2) is 0 Å². The van der Waals surface area contributed by atoms with Crippen LogP contribution in [0.2, 0.25) is 5.02 Å². The normalized spacial score (nSPS) is 13.0. The lowest BCUT2D eigenvalue weighted by Gasteiger charge is -2.18. The van der Waals surface area contributed by atoms with E-state index in [9.17, 15) is 0 Å². The van der Waals surface area contributed by atoms with Crippen molar-refractivity contribution in [2.24, 2.45) is 5.92 Å². The summed E-state index contributed by atoms with van der Waals surface area (Å²) in [4.78, 5) is 0. The molecule has 0 heterocycles. The molecule has 17 heavy (non-hydrogen) atoms. The molecule has 0 aliphatic heterocycles. The Labute approximate surface area is 111 Å². The average Bonchev–Trinajstić information content (AvgIpc) is 2.29. The van der Waals surface area contributed by atoms with Crippen molar-refractivity contribution in [2.45, 2.75) is 46.1 Å². The Kier molecular flexibility index (Phi) is 6.61. The minimum absolute atomic E-state index is 0.569. The van der Waals surface area contributed by atoms with Gasteiger partial charge >= 0.3 is 0 Å². The van der Waals surface area contributed by atoms with Gasteiger partial charge in [-0.1, -0.05) is 50.9 Å². The molecule has 1 atom stereocenters. The largest absolute Gasteiger partial charge is 0.314 e. The second-order valence-electron chi connectivity index (χ2n) is 5.05. The third-order valence-corrected chi connectivity index (χ3v) is 3.20. The highest BCUT2D eigenvalue weighted by molar-refractivity contribution is 6.30. The van der Waals surface area contributed by atoms with Crippen molar-refractivity contribution in [1.82, 2.24) is 5.32 Å². The Balaban J connectivity index is 2.50. The van der Waals surface area contributed by atoms with Crippen LogP contribution < -0.4 is 5.32 Å². The second kappa shape index (κ2) is 7.73. The maximum absolute atomic E-state index is 5.90. The molecule has 0 radical (unpaired) electrons. The maximum Gasteiger partial charge on any atom is 0.0406 e. The van der Waals surface area contributed by atoms with Gasteiger partial charge in [-0.15, -0.1) is 0 Å². The van der Waals surface area contributed by atoms with E-state index in [2.05, 4.69) is 38.2 Å². The van der Waals surface area contributed by atoms with Gasteiger partial charge in [-0.05, 0) is 43.0 Å². The fourth-order valence-electron chi connectivity index (χ4n) is 2.04. The smallest absolute Gasteiger partial charge is 0.0406 e. The van der Waals surface area contributed by atoms with Gasteiger partial charge in [0.05, 0.1) is 0 Å². The first-order valence-corrected chi connectivity index (χ1v) is 6.97. The minimum Gasteiger partial charge on any atom is -0.314 e. The fraction of sp³-hybridized carbons (Fsp3) is 0.600. The summed E-state index contributed by atoms with van der Waals surface area (Å²) in [5.74, 6) is 0.726. The molecule has 1 aromatic rings. The van der Waals surface area contributed by atoms with Crippen LogP contribution in [-0.4, -0.2) is 12.6 Å². The van der Waals surface area contributed by atoms with Gasteiger partial charge < -0.3 is 5.32 Å². The molecule has 96 valence electrons. The van der Waals surface area contributed by atoms with Crippen LogP contribution in [0, 0.1) is 5.92 Å². The van der Waals surface area contributed by atoms with Gasteiger partial charge in [0.25, 0.3) is 0 Å². The number of rotatable bonds is 7. The molecular weight excluding hydrogens is 230 g/mol. The van der Waals surface area contributed by atoms with Gasteiger partial charge in [0.15, 0.2) is 0 Å². The fourth-order valence-corrected chi connectivity index (χ4v) is 2.17. The van der Waals surface area contributed by atoms with Crippen LogP contribution in [0.1, 0.15) is 39.2 Å². The van der Waals surface area contributed by atoms with Crippen LogP contribution in [-0.2, 0) is 6.42 Å². The van der Waals surface area contributed by atoms with E-state index in [1.165, 1.54) is 18.4 Å². The van der Waals surface area contributed by atoms with E-state index in [-0.39, 0.29) is 0 Å². The zero-order valence-corrected chi connectivity index (χ0v) is 11.9. The molecule has 0 aliphatic rings. The number of hydrogen-bond acceptors (Lipinski definition) is 1. The Bertz CT molecular complexity index is 305. The third-order valence-electron chi connectivity index (χ3n) is 2.95. The van der Waals surface area contributed by atoms with E-state index < -0.39 is 0 Å². The lowest BCUT2D eigenvalue weighted by molar-refractivity contribution is 0.418. The molecule has 0 saturated heterocycles. The van der Waals surface area contributed by atoms with E-state index in [1.54, 1.807) is 0 Å². The summed E-state index contributed by atoms with van der Waals surface area (Å²) in [6.07, 6.45) is 3.67. The SMILES string of the molecule is CCCC(CNC(C)C)Cc1ccc(Cl)cc1. The summed E-state index contributed by atoms with van der Waals surface area (Å²) in [6, 6.07) is 8.81. The van der Waals surface area contributed by atoms with Crippen molar-refractivity contribution in [2.75, 3.05) is 6.54 Å². The van der Waals surface area contributed by atoms with Gasteiger partial charge in [-0.2, -0.15) is 0 Å². The molecule has 0 aliphatic carbocycles. The molecule has 2 heteroatoms. The Morgan fingerprint density at radius 2 is 1.82 bits per heavy atom. The molecule has 0 bridgehead atoms. The van der Waals surface area contributed by atoms with Gasteiger partial charge in [0.1, 0.15) is 0 Å². The predicted molar refractivity (Wildman–Crippen MR) is 76.7 cm³/mol. The van der Waals surface area contributed by atoms with Gasteiger partial charge in [0, 0.05) is 11.1 Å². The summed E-state index contributed by atoms with van der Waals surface area (Å²) in [5.41, 5.74) is 1.39. The van der Waals surface area contributed by atoms with Crippen LogP contribution >= 0.6 is 11.6 Å². The average molecular weight is 254 g/mol. The Morgan fingerprint density at radius 1 is 1.18 bits per heavy atom. The molecule has 1 aromatic carbocycles. The topological polar surface area (TPSA) is 12.0 Å². The Morgan fingerprint density at radius 3 is 2.35 bits per heavy atom. The number of nitrogens with one attached hydrogen (secondary N) is 1.